The predicted molar refractivity (Wildman–Crippen MR) is 456 cm³/mol. The summed E-state index contributed by atoms with van der Waals surface area (Å²) >= 11 is 1.88. The highest BCUT2D eigenvalue weighted by molar-refractivity contribution is 7.26. The van der Waals surface area contributed by atoms with Crippen LogP contribution in [0, 0.1) is 0 Å². The van der Waals surface area contributed by atoms with Gasteiger partial charge in [0.15, 0.2) is 0 Å². The molecule has 516 valence electrons. The van der Waals surface area contributed by atoms with Gasteiger partial charge in [0.05, 0.1) is 5.39 Å². The van der Waals surface area contributed by atoms with Crippen molar-refractivity contribution in [2.24, 2.45) is 0 Å². The largest absolute Gasteiger partial charge is 0.488 e. The molecule has 4 aromatic heterocycles. The van der Waals surface area contributed by atoms with E-state index in [1.807, 2.05) is 84.1 Å². The Bertz CT molecular complexity index is 6290. The first kappa shape index (κ1) is 66.2. The fourth-order valence-corrected chi connectivity index (χ4v) is 16.3. The molecule has 0 spiro atoms. The Labute approximate surface area is 627 Å². The lowest BCUT2D eigenvalue weighted by Crippen LogP contribution is -2.05. The number of nitrogens with one attached hydrogen (secondary N) is 3. The minimum atomic E-state index is -0.274. The van der Waals surface area contributed by atoms with Gasteiger partial charge in [-0.25, -0.2) is 4.79 Å². The summed E-state index contributed by atoms with van der Waals surface area (Å²) in [5, 5.41) is 25.1. The van der Waals surface area contributed by atoms with Crippen molar-refractivity contribution in [3.63, 3.8) is 0 Å². The number of hydrogen-bond acceptors (Lipinski definition) is 7. The third-order valence-corrected chi connectivity index (χ3v) is 21.5. The van der Waals surface area contributed by atoms with Crippen LogP contribution in [0.3, 0.4) is 0 Å². The van der Waals surface area contributed by atoms with Gasteiger partial charge in [-0.1, -0.05) is 297 Å². The number of fused-ring (bicyclic) bond motifs is 25. The molecule has 3 aliphatic heterocycles. The van der Waals surface area contributed by atoms with E-state index in [-0.39, 0.29) is 5.63 Å². The second-order valence-electron chi connectivity index (χ2n) is 27.0. The number of aromatic nitrogens is 1. The van der Waals surface area contributed by atoms with Crippen molar-refractivity contribution in [1.82, 2.24) is 4.98 Å². The van der Waals surface area contributed by atoms with E-state index in [4.69, 9.17) is 13.6 Å². The molecule has 3 N–H and O–H groups in total. The number of H-pyrrole nitrogens is 1. The molecule has 0 saturated heterocycles. The van der Waals surface area contributed by atoms with Gasteiger partial charge in [0, 0.05) is 99.3 Å². The lowest BCUT2D eigenvalue weighted by molar-refractivity contribution is 0.302. The van der Waals surface area contributed by atoms with Gasteiger partial charge in [0.25, 0.3) is 0 Å². The minimum Gasteiger partial charge on any atom is -0.488 e. The Morgan fingerprint density at radius 3 is 1.31 bits per heavy atom. The fraction of sp³-hybridized carbons (Fsp3) is 0.0300. The lowest BCUT2D eigenvalue weighted by atomic mass is 9.97. The van der Waals surface area contributed by atoms with Crippen molar-refractivity contribution in [2.75, 3.05) is 10.6 Å². The normalized spacial score (nSPS) is 11.9. The summed E-state index contributed by atoms with van der Waals surface area (Å²) in [5.74, 6) is 0.992. The standard InChI is InChI=1S/C16H11N.C16H10O.C16H10S.2C13H11N.C13H8O2.C13H10O/c3*1-2-6-12-11(5-1)9-10-15-16(12)13-7-3-4-8-14(13)17-15;2*1-3-7-12-10(5-1)9-11-6-2-4-8-13(11)14-12;14-13-11-7-2-1-5-9(11)10-6-3-4-8-12(10)15-13;1-2-6-11-10(5-1)9-14-13-8-4-3-7-12(11)13/h1-10,17H;2*1-10H;2*1-8,14H,9H2;1-8H;1-8H,9H2. The van der Waals surface area contributed by atoms with E-state index < -0.39 is 0 Å². The van der Waals surface area contributed by atoms with E-state index in [9.17, 15) is 4.79 Å². The van der Waals surface area contributed by atoms with Gasteiger partial charge in [-0.05, 0) is 150 Å². The van der Waals surface area contributed by atoms with Crippen molar-refractivity contribution in [1.29, 1.82) is 0 Å². The van der Waals surface area contributed by atoms with Gasteiger partial charge in [-0.2, -0.15) is 0 Å². The minimum absolute atomic E-state index is 0.274. The third-order valence-electron chi connectivity index (χ3n) is 20.4. The van der Waals surface area contributed by atoms with Crippen LogP contribution in [-0.4, -0.2) is 4.98 Å². The molecule has 0 amide bonds. The zero-order valence-corrected chi connectivity index (χ0v) is 59.8. The molecule has 3 aliphatic rings. The molecule has 24 rings (SSSR count). The van der Waals surface area contributed by atoms with E-state index in [2.05, 4.69) is 313 Å². The van der Waals surface area contributed by atoms with Crippen LogP contribution >= 0.6 is 11.3 Å². The molecule has 8 heteroatoms. The Hall–Kier alpha value is -13.8. The summed E-state index contributed by atoms with van der Waals surface area (Å²) in [5.41, 5.74) is 19.0. The molecule has 0 unspecified atom stereocenters. The molecule has 0 bridgehead atoms. The molecule has 7 nitrogen and oxygen atoms in total. The molecule has 21 aromatic rings. The summed E-state index contributed by atoms with van der Waals surface area (Å²) in [4.78, 5) is 15.1. The number of rotatable bonds is 0. The number of ether oxygens (including phenoxy) is 1. The SMILES string of the molecule is O=c1oc2ccccc2c2ccccc12.c1ccc2c(c1)COc1ccccc1-2.c1ccc2c(c1)Cc1ccccc1N2.c1ccc2c(c1)Cc1ccccc1N2.c1ccc2c(c1)ccc1[nH]c3ccccc3c12.c1ccc2c(c1)ccc1oc3ccccc3c12.c1ccc2c(c1)ccc1sc3ccccc3c12. The number of benzene rings is 17. The zero-order chi connectivity index (χ0) is 72.1. The number of para-hydroxylation sites is 8. The van der Waals surface area contributed by atoms with Gasteiger partial charge >= 0.3 is 5.63 Å². The Kier molecular flexibility index (Phi) is 18.2. The molecule has 17 aromatic carbocycles. The monoisotopic (exact) mass is 1410 g/mol. The molecule has 0 fully saturated rings. The molecular weight excluding hydrogens is 1340 g/mol. The van der Waals surface area contributed by atoms with Crippen molar-refractivity contribution in [3.05, 3.63) is 414 Å². The molecule has 108 heavy (non-hydrogen) atoms. The predicted octanol–water partition coefficient (Wildman–Crippen LogP) is 27.3. The molecule has 0 saturated carbocycles. The summed E-state index contributed by atoms with van der Waals surface area (Å²) in [6.45, 7) is 0.688. The molecular formula is C100H71N3O4S. The summed E-state index contributed by atoms with van der Waals surface area (Å²) in [6.07, 6.45) is 2.08. The van der Waals surface area contributed by atoms with Crippen molar-refractivity contribution < 1.29 is 13.6 Å². The molecule has 7 heterocycles. The average Bonchev–Trinajstić information content (AvgIpc) is 1.61. The fourth-order valence-electron chi connectivity index (χ4n) is 15.2. The molecule has 0 atom stereocenters. The topological polar surface area (TPSA) is 92.4 Å². The molecule has 0 radical (unpaired) electrons. The van der Waals surface area contributed by atoms with E-state index in [0.717, 1.165) is 40.5 Å². The van der Waals surface area contributed by atoms with Crippen LogP contribution < -0.4 is 21.0 Å². The number of aromatic amines is 1. The Morgan fingerprint density at radius 1 is 0.259 bits per heavy atom. The lowest BCUT2D eigenvalue weighted by Gasteiger charge is -2.20. The van der Waals surface area contributed by atoms with Crippen LogP contribution in [0.4, 0.5) is 22.7 Å². The highest BCUT2D eigenvalue weighted by Crippen LogP contribution is 2.41. The van der Waals surface area contributed by atoms with Crippen molar-refractivity contribution in [3.8, 4) is 16.9 Å². The number of furan rings is 1. The summed E-state index contributed by atoms with van der Waals surface area (Å²) in [7, 11) is 0. The first-order valence-corrected chi connectivity index (χ1v) is 37.3. The van der Waals surface area contributed by atoms with Crippen LogP contribution in [0.25, 0.3) is 129 Å². The first-order valence-electron chi connectivity index (χ1n) is 36.5. The number of thiophene rings is 1. The molecule has 0 aliphatic carbocycles. The summed E-state index contributed by atoms with van der Waals surface area (Å²) in [6, 6.07) is 129. The summed E-state index contributed by atoms with van der Waals surface area (Å²) < 4.78 is 19.5. The maximum absolute atomic E-state index is 11.6. The zero-order valence-electron chi connectivity index (χ0n) is 59.0. The van der Waals surface area contributed by atoms with Crippen LogP contribution in [0.15, 0.2) is 390 Å². The van der Waals surface area contributed by atoms with E-state index in [1.165, 1.54) is 147 Å². The first-order chi connectivity index (χ1) is 53.5. The maximum atomic E-state index is 11.6. The van der Waals surface area contributed by atoms with Crippen LogP contribution in [0.2, 0.25) is 0 Å². The highest BCUT2D eigenvalue weighted by Gasteiger charge is 2.18. The third kappa shape index (κ3) is 13.3. The Balaban J connectivity index is 0.0000000890. The smallest absolute Gasteiger partial charge is 0.344 e. The average molecular weight is 1410 g/mol. The maximum Gasteiger partial charge on any atom is 0.344 e. The second kappa shape index (κ2) is 29.8. The van der Waals surface area contributed by atoms with E-state index in [1.54, 1.807) is 6.07 Å². The van der Waals surface area contributed by atoms with Crippen molar-refractivity contribution >= 4 is 152 Å². The number of anilines is 4. The number of hydrogen-bond donors (Lipinski definition) is 3. The second-order valence-corrected chi connectivity index (χ2v) is 28.1. The van der Waals surface area contributed by atoms with Gasteiger partial charge in [0.1, 0.15) is 29.1 Å². The van der Waals surface area contributed by atoms with Gasteiger partial charge < -0.3 is 29.2 Å². The highest BCUT2D eigenvalue weighted by atomic mass is 32.1. The quantitative estimate of drug-likeness (QED) is 0.103. The Morgan fingerprint density at radius 2 is 0.685 bits per heavy atom. The van der Waals surface area contributed by atoms with Crippen LogP contribution in [0.5, 0.6) is 5.75 Å². The van der Waals surface area contributed by atoms with Gasteiger partial charge in [-0.3, -0.25) is 0 Å². The van der Waals surface area contributed by atoms with Gasteiger partial charge in [0.2, 0.25) is 0 Å². The van der Waals surface area contributed by atoms with Crippen LogP contribution in [-0.2, 0) is 19.4 Å². The van der Waals surface area contributed by atoms with Crippen LogP contribution in [0.1, 0.15) is 27.8 Å². The van der Waals surface area contributed by atoms with E-state index >= 15 is 0 Å². The van der Waals surface area contributed by atoms with Gasteiger partial charge in [-0.15, -0.1) is 11.3 Å². The van der Waals surface area contributed by atoms with E-state index in [0.29, 0.717) is 17.6 Å². The van der Waals surface area contributed by atoms with Crippen molar-refractivity contribution in [2.45, 2.75) is 19.4 Å².